The van der Waals surface area contributed by atoms with Crippen molar-refractivity contribution in [2.45, 2.75) is 37.5 Å². The van der Waals surface area contributed by atoms with Crippen LogP contribution < -0.4 is 0 Å². The number of hydrogen-bond acceptors (Lipinski definition) is 3. The van der Waals surface area contributed by atoms with E-state index in [0.717, 1.165) is 18.4 Å². The maximum atomic E-state index is 13.1. The van der Waals surface area contributed by atoms with Crippen molar-refractivity contribution in [3.8, 4) is 24.3 Å². The molecular weight excluding hydrogens is 370 g/mol. The monoisotopic (exact) mass is 395 g/mol. The minimum absolute atomic E-state index is 0.147. The largest absolute Gasteiger partial charge is 0.396 e. The van der Waals surface area contributed by atoms with Crippen LogP contribution >= 0.6 is 0 Å². The van der Waals surface area contributed by atoms with E-state index >= 15 is 0 Å². The van der Waals surface area contributed by atoms with Crippen LogP contribution in [0.15, 0.2) is 53.4 Å². The van der Waals surface area contributed by atoms with E-state index in [1.165, 1.54) is 4.31 Å². The molecule has 2 aromatic rings. The van der Waals surface area contributed by atoms with E-state index in [1.54, 1.807) is 36.4 Å². The van der Waals surface area contributed by atoms with Gasteiger partial charge in [-0.3, -0.25) is 0 Å². The molecule has 5 heteroatoms. The van der Waals surface area contributed by atoms with Crippen LogP contribution in [0.1, 0.15) is 42.4 Å². The molecule has 0 aliphatic heterocycles. The van der Waals surface area contributed by atoms with E-state index in [4.69, 9.17) is 11.5 Å². The maximum absolute atomic E-state index is 13.1. The highest BCUT2D eigenvalue weighted by Crippen LogP contribution is 2.17. The molecule has 28 heavy (non-hydrogen) atoms. The molecule has 0 radical (unpaired) electrons. The van der Waals surface area contributed by atoms with Gasteiger partial charge in [-0.15, -0.1) is 6.42 Å². The summed E-state index contributed by atoms with van der Waals surface area (Å²) in [5.74, 6) is 5.49. The molecule has 2 aromatic carbocycles. The van der Waals surface area contributed by atoms with Crippen molar-refractivity contribution in [2.75, 3.05) is 13.2 Å². The van der Waals surface area contributed by atoms with Gasteiger partial charge in [-0.1, -0.05) is 48.6 Å². The Balaban J connectivity index is 2.30. The third kappa shape index (κ3) is 5.89. The van der Waals surface area contributed by atoms with Crippen LogP contribution in [0.5, 0.6) is 0 Å². The lowest BCUT2D eigenvalue weighted by Crippen LogP contribution is -2.27. The summed E-state index contributed by atoms with van der Waals surface area (Å²) < 4.78 is 27.4. The van der Waals surface area contributed by atoms with Crippen LogP contribution in [-0.2, 0) is 10.0 Å². The average Bonchev–Trinajstić information content (AvgIpc) is 2.70. The molecule has 0 aliphatic carbocycles. The van der Waals surface area contributed by atoms with Crippen LogP contribution in [0.25, 0.3) is 0 Å². The zero-order valence-corrected chi connectivity index (χ0v) is 16.9. The molecular formula is C23H25NO3S. The first kappa shape index (κ1) is 21.6. The van der Waals surface area contributed by atoms with E-state index < -0.39 is 10.0 Å². The van der Waals surface area contributed by atoms with Gasteiger partial charge in [0.05, 0.1) is 4.90 Å². The molecule has 0 unspecified atom stereocenters. The number of rotatable bonds is 8. The summed E-state index contributed by atoms with van der Waals surface area (Å²) in [6, 6.07) is 16.7. The lowest BCUT2D eigenvalue weighted by molar-refractivity contribution is 0.282. The van der Waals surface area contributed by atoms with Gasteiger partial charge in [0.1, 0.15) is 0 Å². The van der Waals surface area contributed by atoms with Gasteiger partial charge >= 0.3 is 0 Å². The normalized spacial score (nSPS) is 10.6. The van der Waals surface area contributed by atoms with Crippen LogP contribution in [0.4, 0.5) is 0 Å². The van der Waals surface area contributed by atoms with Crippen molar-refractivity contribution in [3.63, 3.8) is 0 Å². The molecule has 4 nitrogen and oxygen atoms in total. The Hall–Kier alpha value is -2.73. The third-order valence-corrected chi connectivity index (χ3v) is 6.00. The molecule has 0 heterocycles. The fraction of sp³-hybridized carbons (Fsp3) is 0.304. The summed E-state index contributed by atoms with van der Waals surface area (Å²) in [6.45, 7) is 2.34. The minimum atomic E-state index is -3.74. The topological polar surface area (TPSA) is 57.6 Å². The standard InChI is InChI=1S/C23H25NO3S/c1-3-21-10-6-7-11-22(21)16-18-24(17-8-4-5-9-19-25)28(26,27)23-14-12-20(2)13-15-23/h1,6-7,10-15,25H,4-5,8-9,17,19H2,2H3. The van der Waals surface area contributed by atoms with Crippen molar-refractivity contribution >= 4 is 10.0 Å². The zero-order valence-electron chi connectivity index (χ0n) is 16.1. The van der Waals surface area contributed by atoms with E-state index in [2.05, 4.69) is 17.9 Å². The Bertz CT molecular complexity index is 977. The molecule has 0 aliphatic rings. The van der Waals surface area contributed by atoms with Crippen molar-refractivity contribution in [1.29, 1.82) is 0 Å². The SMILES string of the molecule is C#Cc1ccccc1C#CN(CCCCCCO)S(=O)(=O)c1ccc(C)cc1. The minimum Gasteiger partial charge on any atom is -0.396 e. The smallest absolute Gasteiger partial charge is 0.270 e. The van der Waals surface area contributed by atoms with Gasteiger partial charge in [0.15, 0.2) is 0 Å². The number of benzene rings is 2. The second-order valence-corrected chi connectivity index (χ2v) is 8.32. The molecule has 0 fully saturated rings. The van der Waals surface area contributed by atoms with Gasteiger partial charge in [0, 0.05) is 30.3 Å². The summed E-state index contributed by atoms with van der Waals surface area (Å²) in [4.78, 5) is 0.216. The Morgan fingerprint density at radius 2 is 1.61 bits per heavy atom. The molecule has 146 valence electrons. The lowest BCUT2D eigenvalue weighted by Gasteiger charge is -2.18. The number of unbranched alkanes of at least 4 members (excludes halogenated alkanes) is 3. The fourth-order valence-corrected chi connectivity index (χ4v) is 3.90. The second kappa shape index (κ2) is 10.6. The second-order valence-electron chi connectivity index (χ2n) is 6.45. The predicted molar refractivity (Wildman–Crippen MR) is 112 cm³/mol. The van der Waals surface area contributed by atoms with Crippen LogP contribution in [0, 0.1) is 31.2 Å². The highest BCUT2D eigenvalue weighted by molar-refractivity contribution is 7.89. The highest BCUT2D eigenvalue weighted by Gasteiger charge is 2.21. The molecule has 0 amide bonds. The first-order chi connectivity index (χ1) is 13.5. The summed E-state index contributed by atoms with van der Waals surface area (Å²) in [7, 11) is -3.74. The van der Waals surface area contributed by atoms with Gasteiger partial charge in [-0.25, -0.2) is 12.7 Å². The first-order valence-electron chi connectivity index (χ1n) is 9.26. The number of aliphatic hydroxyl groups is 1. The summed E-state index contributed by atoms with van der Waals surface area (Å²) >= 11 is 0. The Kier molecular flexibility index (Phi) is 8.14. The molecule has 0 saturated carbocycles. The summed E-state index contributed by atoms with van der Waals surface area (Å²) in [6.07, 6.45) is 8.55. The van der Waals surface area contributed by atoms with E-state index in [9.17, 15) is 8.42 Å². The van der Waals surface area contributed by atoms with E-state index in [-0.39, 0.29) is 18.0 Å². The van der Waals surface area contributed by atoms with Gasteiger partial charge in [0.25, 0.3) is 10.0 Å². The van der Waals surface area contributed by atoms with E-state index in [1.807, 2.05) is 19.1 Å². The van der Waals surface area contributed by atoms with Crippen LogP contribution in [0.2, 0.25) is 0 Å². The predicted octanol–water partition coefficient (Wildman–Crippen LogP) is 3.53. The number of aryl methyl sites for hydroxylation is 1. The van der Waals surface area contributed by atoms with Gasteiger partial charge in [-0.2, -0.15) is 0 Å². The van der Waals surface area contributed by atoms with Crippen molar-refractivity contribution in [3.05, 3.63) is 65.2 Å². The Morgan fingerprint density at radius 3 is 2.25 bits per heavy atom. The fourth-order valence-electron chi connectivity index (χ4n) is 2.63. The molecule has 0 bridgehead atoms. The Morgan fingerprint density at radius 1 is 0.964 bits per heavy atom. The highest BCUT2D eigenvalue weighted by atomic mass is 32.2. The van der Waals surface area contributed by atoms with Gasteiger partial charge in [0.2, 0.25) is 0 Å². The number of hydrogen-bond donors (Lipinski definition) is 1. The van der Waals surface area contributed by atoms with E-state index in [0.29, 0.717) is 24.0 Å². The summed E-state index contributed by atoms with van der Waals surface area (Å²) in [5.41, 5.74) is 2.24. The van der Waals surface area contributed by atoms with Crippen molar-refractivity contribution in [2.24, 2.45) is 0 Å². The maximum Gasteiger partial charge on any atom is 0.270 e. The Labute approximate surface area is 168 Å². The number of sulfonamides is 1. The quantitative estimate of drug-likeness (QED) is 0.423. The third-order valence-electron chi connectivity index (χ3n) is 4.28. The first-order valence-corrected chi connectivity index (χ1v) is 10.7. The number of nitrogens with zero attached hydrogens (tertiary/aromatic N) is 1. The van der Waals surface area contributed by atoms with Crippen molar-refractivity contribution in [1.82, 2.24) is 4.31 Å². The zero-order chi connectivity index (χ0) is 20.4. The molecule has 2 rings (SSSR count). The van der Waals surface area contributed by atoms with Crippen LogP contribution in [0.3, 0.4) is 0 Å². The van der Waals surface area contributed by atoms with Crippen LogP contribution in [-0.4, -0.2) is 31.0 Å². The van der Waals surface area contributed by atoms with Gasteiger partial charge < -0.3 is 5.11 Å². The molecule has 0 atom stereocenters. The lowest BCUT2D eigenvalue weighted by atomic mass is 10.1. The number of aliphatic hydroxyl groups excluding tert-OH is 1. The average molecular weight is 396 g/mol. The van der Waals surface area contributed by atoms with Gasteiger partial charge in [-0.05, 0) is 50.0 Å². The molecule has 1 N–H and O–H groups in total. The van der Waals surface area contributed by atoms with Crippen molar-refractivity contribution < 1.29 is 13.5 Å². The molecule has 0 aromatic heterocycles. The molecule has 0 spiro atoms. The molecule has 0 saturated heterocycles. The number of terminal acetylenes is 1. The summed E-state index contributed by atoms with van der Waals surface area (Å²) in [5, 5.41) is 8.89.